The van der Waals surface area contributed by atoms with E-state index in [2.05, 4.69) is 24.6 Å². The smallest absolute Gasteiger partial charge is 0.0364 e. The molecule has 0 fully saturated rings. The van der Waals surface area contributed by atoms with Crippen LogP contribution in [0.1, 0.15) is 27.7 Å². The van der Waals surface area contributed by atoms with Crippen molar-refractivity contribution in [3.63, 3.8) is 0 Å². The van der Waals surface area contributed by atoms with Gasteiger partial charge in [0, 0.05) is 12.3 Å². The zero-order valence-electron chi connectivity index (χ0n) is 7.94. The minimum atomic E-state index is 0.854. The van der Waals surface area contributed by atoms with Crippen LogP contribution in [-0.4, -0.2) is 12.3 Å². The SMILES string of the molecule is C=C(C)/C=C(/C)C(C)=NCC. The van der Waals surface area contributed by atoms with Gasteiger partial charge in [0.2, 0.25) is 0 Å². The van der Waals surface area contributed by atoms with Gasteiger partial charge in [0.05, 0.1) is 0 Å². The van der Waals surface area contributed by atoms with Crippen LogP contribution in [0.25, 0.3) is 0 Å². The molecule has 0 spiro atoms. The Labute approximate surface area is 69.5 Å². The Bertz CT molecular complexity index is 197. The van der Waals surface area contributed by atoms with Crippen LogP contribution < -0.4 is 0 Å². The summed E-state index contributed by atoms with van der Waals surface area (Å²) in [5.74, 6) is 0. The summed E-state index contributed by atoms with van der Waals surface area (Å²) in [6, 6.07) is 0. The van der Waals surface area contributed by atoms with Gasteiger partial charge >= 0.3 is 0 Å². The van der Waals surface area contributed by atoms with Crippen molar-refractivity contribution in [2.24, 2.45) is 4.99 Å². The van der Waals surface area contributed by atoms with E-state index in [4.69, 9.17) is 0 Å². The molecule has 11 heavy (non-hydrogen) atoms. The molecule has 0 aromatic heterocycles. The predicted molar refractivity (Wildman–Crippen MR) is 52.2 cm³/mol. The lowest BCUT2D eigenvalue weighted by atomic mass is 10.1. The average molecular weight is 151 g/mol. The van der Waals surface area contributed by atoms with Gasteiger partial charge in [-0.05, 0) is 33.3 Å². The Hall–Kier alpha value is -0.850. The fraction of sp³-hybridized carbons (Fsp3) is 0.500. The van der Waals surface area contributed by atoms with E-state index in [-0.39, 0.29) is 0 Å². The van der Waals surface area contributed by atoms with Gasteiger partial charge in [-0.25, -0.2) is 0 Å². The van der Waals surface area contributed by atoms with Crippen LogP contribution in [0.3, 0.4) is 0 Å². The zero-order chi connectivity index (χ0) is 8.85. The van der Waals surface area contributed by atoms with E-state index in [0.29, 0.717) is 0 Å². The van der Waals surface area contributed by atoms with Crippen LogP contribution in [0.15, 0.2) is 28.8 Å². The maximum atomic E-state index is 4.28. The molecule has 0 saturated heterocycles. The van der Waals surface area contributed by atoms with E-state index in [1.54, 1.807) is 0 Å². The summed E-state index contributed by atoms with van der Waals surface area (Å²) in [4.78, 5) is 4.28. The predicted octanol–water partition coefficient (Wildman–Crippen LogP) is 2.99. The van der Waals surface area contributed by atoms with Crippen molar-refractivity contribution in [3.8, 4) is 0 Å². The molecule has 1 nitrogen and oxygen atoms in total. The molecule has 0 amide bonds. The third-order valence-electron chi connectivity index (χ3n) is 1.43. The zero-order valence-corrected chi connectivity index (χ0v) is 7.94. The van der Waals surface area contributed by atoms with E-state index in [1.165, 1.54) is 5.57 Å². The number of aliphatic imine (C=N–C) groups is 1. The lowest BCUT2D eigenvalue weighted by Gasteiger charge is -1.99. The average Bonchev–Trinajstić information content (AvgIpc) is 1.86. The molecule has 0 aliphatic heterocycles. The fourth-order valence-electron chi connectivity index (χ4n) is 0.836. The second kappa shape index (κ2) is 4.89. The van der Waals surface area contributed by atoms with Gasteiger partial charge in [-0.3, -0.25) is 4.99 Å². The van der Waals surface area contributed by atoms with Gasteiger partial charge in [0.15, 0.2) is 0 Å². The van der Waals surface area contributed by atoms with Crippen LogP contribution in [0.5, 0.6) is 0 Å². The second-order valence-corrected chi connectivity index (χ2v) is 2.73. The summed E-state index contributed by atoms with van der Waals surface area (Å²) < 4.78 is 0. The molecule has 0 radical (unpaired) electrons. The summed E-state index contributed by atoms with van der Waals surface area (Å²) in [5.41, 5.74) is 3.39. The Balaban J connectivity index is 4.35. The van der Waals surface area contributed by atoms with Crippen molar-refractivity contribution in [2.45, 2.75) is 27.7 Å². The summed E-state index contributed by atoms with van der Waals surface area (Å²) in [6.45, 7) is 12.8. The van der Waals surface area contributed by atoms with Crippen LogP contribution >= 0.6 is 0 Å². The van der Waals surface area contributed by atoms with Crippen LogP contribution in [0.2, 0.25) is 0 Å². The molecular formula is C10H17N. The molecule has 0 N–H and O–H groups in total. The van der Waals surface area contributed by atoms with Gasteiger partial charge in [0.25, 0.3) is 0 Å². The maximum absolute atomic E-state index is 4.28. The van der Waals surface area contributed by atoms with Crippen LogP contribution in [0, 0.1) is 0 Å². The third-order valence-corrected chi connectivity index (χ3v) is 1.43. The van der Waals surface area contributed by atoms with Gasteiger partial charge in [-0.15, -0.1) is 0 Å². The van der Waals surface area contributed by atoms with Gasteiger partial charge < -0.3 is 0 Å². The number of hydrogen-bond donors (Lipinski definition) is 0. The van der Waals surface area contributed by atoms with E-state index >= 15 is 0 Å². The summed E-state index contributed by atoms with van der Waals surface area (Å²) in [7, 11) is 0. The Morgan fingerprint density at radius 2 is 1.91 bits per heavy atom. The first kappa shape index (κ1) is 10.2. The molecule has 0 rings (SSSR count). The molecule has 62 valence electrons. The molecule has 0 unspecified atom stereocenters. The monoisotopic (exact) mass is 151 g/mol. The highest BCUT2D eigenvalue weighted by Crippen LogP contribution is 2.01. The molecule has 0 saturated carbocycles. The first-order valence-corrected chi connectivity index (χ1v) is 3.93. The van der Waals surface area contributed by atoms with Crippen molar-refractivity contribution in [2.75, 3.05) is 6.54 Å². The molecule has 0 atom stereocenters. The van der Waals surface area contributed by atoms with E-state index in [0.717, 1.165) is 17.8 Å². The van der Waals surface area contributed by atoms with Crippen LogP contribution in [0.4, 0.5) is 0 Å². The fourth-order valence-corrected chi connectivity index (χ4v) is 0.836. The molecule has 0 heterocycles. The minimum Gasteiger partial charge on any atom is -0.290 e. The Kier molecular flexibility index (Phi) is 4.51. The minimum absolute atomic E-state index is 0.854. The quantitative estimate of drug-likeness (QED) is 0.434. The van der Waals surface area contributed by atoms with Crippen LogP contribution in [-0.2, 0) is 0 Å². The topological polar surface area (TPSA) is 12.4 Å². The number of nitrogens with zero attached hydrogens (tertiary/aromatic N) is 1. The largest absolute Gasteiger partial charge is 0.290 e. The van der Waals surface area contributed by atoms with E-state index in [1.807, 2.05) is 20.8 Å². The number of rotatable bonds is 3. The second-order valence-electron chi connectivity index (χ2n) is 2.73. The van der Waals surface area contributed by atoms with Crippen molar-refractivity contribution in [1.29, 1.82) is 0 Å². The Morgan fingerprint density at radius 3 is 2.27 bits per heavy atom. The van der Waals surface area contributed by atoms with E-state index < -0.39 is 0 Å². The van der Waals surface area contributed by atoms with Gasteiger partial charge in [0.1, 0.15) is 0 Å². The van der Waals surface area contributed by atoms with Crippen molar-refractivity contribution < 1.29 is 0 Å². The van der Waals surface area contributed by atoms with E-state index in [9.17, 15) is 0 Å². The first-order valence-electron chi connectivity index (χ1n) is 3.93. The van der Waals surface area contributed by atoms with Gasteiger partial charge in [-0.2, -0.15) is 0 Å². The molecular weight excluding hydrogens is 134 g/mol. The number of allylic oxidation sites excluding steroid dienone is 3. The Morgan fingerprint density at radius 1 is 1.36 bits per heavy atom. The molecule has 0 aromatic rings. The highest BCUT2D eigenvalue weighted by atomic mass is 14.7. The van der Waals surface area contributed by atoms with Crippen molar-refractivity contribution in [1.82, 2.24) is 0 Å². The highest BCUT2D eigenvalue weighted by Gasteiger charge is 1.91. The molecule has 0 aliphatic carbocycles. The lowest BCUT2D eigenvalue weighted by molar-refractivity contribution is 1.12. The summed E-state index contributed by atoms with van der Waals surface area (Å²) in [6.07, 6.45) is 2.05. The van der Waals surface area contributed by atoms with Gasteiger partial charge in [-0.1, -0.05) is 18.2 Å². The third kappa shape index (κ3) is 4.54. The van der Waals surface area contributed by atoms with Crippen molar-refractivity contribution in [3.05, 3.63) is 23.8 Å². The molecule has 0 aromatic carbocycles. The summed E-state index contributed by atoms with van der Waals surface area (Å²) in [5, 5.41) is 0. The number of hydrogen-bond acceptors (Lipinski definition) is 1. The normalized spacial score (nSPS) is 13.5. The summed E-state index contributed by atoms with van der Waals surface area (Å²) >= 11 is 0. The molecule has 0 aliphatic rings. The lowest BCUT2D eigenvalue weighted by Crippen LogP contribution is -1.94. The highest BCUT2D eigenvalue weighted by molar-refractivity contribution is 5.98. The molecule has 1 heteroatoms. The molecule has 0 bridgehead atoms. The first-order chi connectivity index (χ1) is 5.07. The van der Waals surface area contributed by atoms with Crippen molar-refractivity contribution >= 4 is 5.71 Å². The standard InChI is InChI=1S/C10H17N/c1-6-11-10(5)9(4)7-8(2)3/h7H,2,6H2,1,3-5H3/b9-7-,11-10?. The maximum Gasteiger partial charge on any atom is 0.0364 e.